The summed E-state index contributed by atoms with van der Waals surface area (Å²) in [4.78, 5) is 3.64. The van der Waals surface area contributed by atoms with Crippen molar-refractivity contribution in [3.8, 4) is 0 Å². The van der Waals surface area contributed by atoms with Crippen LogP contribution in [0, 0.1) is 0 Å². The lowest BCUT2D eigenvalue weighted by atomic mass is 10.0. The third-order valence-electron chi connectivity index (χ3n) is 3.07. The molecule has 0 fully saturated rings. The highest BCUT2D eigenvalue weighted by Crippen LogP contribution is 2.30. The number of hydrogen-bond donors (Lipinski definition) is 1. The standard InChI is InChI=1S/C13H20N2S/c1-15(10-14)7-6-11-4-5-13-12(9-11)3-2-8-16-13/h4-5,9H,2-3,6-8,10,14H2,1H3. The summed E-state index contributed by atoms with van der Waals surface area (Å²) in [5.74, 6) is 1.28. The van der Waals surface area contributed by atoms with E-state index >= 15 is 0 Å². The molecule has 0 radical (unpaired) electrons. The Bertz CT molecular complexity index is 352. The first kappa shape index (κ1) is 12.0. The molecule has 16 heavy (non-hydrogen) atoms. The summed E-state index contributed by atoms with van der Waals surface area (Å²) >= 11 is 2.00. The zero-order chi connectivity index (χ0) is 11.4. The number of rotatable bonds is 4. The fourth-order valence-corrected chi connectivity index (χ4v) is 3.00. The van der Waals surface area contributed by atoms with Crippen LogP contribution in [0.5, 0.6) is 0 Å². The first-order valence-electron chi connectivity index (χ1n) is 5.93. The van der Waals surface area contributed by atoms with E-state index < -0.39 is 0 Å². The van der Waals surface area contributed by atoms with Crippen LogP contribution in [0.2, 0.25) is 0 Å². The summed E-state index contributed by atoms with van der Waals surface area (Å²) in [6.07, 6.45) is 3.68. The summed E-state index contributed by atoms with van der Waals surface area (Å²) < 4.78 is 0. The maximum atomic E-state index is 5.57. The van der Waals surface area contributed by atoms with Gasteiger partial charge in [-0.25, -0.2) is 0 Å². The Hall–Kier alpha value is -0.510. The second kappa shape index (κ2) is 5.71. The highest BCUT2D eigenvalue weighted by atomic mass is 32.2. The lowest BCUT2D eigenvalue weighted by Crippen LogP contribution is -2.27. The Kier molecular flexibility index (Phi) is 4.27. The normalized spacial score (nSPS) is 15.2. The number of aryl methyl sites for hydroxylation is 1. The number of fused-ring (bicyclic) bond motifs is 1. The molecule has 0 aromatic heterocycles. The van der Waals surface area contributed by atoms with Gasteiger partial charge in [-0.3, -0.25) is 4.90 Å². The molecule has 0 saturated heterocycles. The van der Waals surface area contributed by atoms with Crippen molar-refractivity contribution >= 4 is 11.8 Å². The Labute approximate surface area is 102 Å². The van der Waals surface area contributed by atoms with Gasteiger partial charge in [0.05, 0.1) is 0 Å². The fourth-order valence-electron chi connectivity index (χ4n) is 1.98. The van der Waals surface area contributed by atoms with Gasteiger partial charge in [-0.05, 0) is 49.3 Å². The zero-order valence-electron chi connectivity index (χ0n) is 9.91. The molecule has 1 heterocycles. The zero-order valence-corrected chi connectivity index (χ0v) is 10.7. The molecule has 1 aliphatic heterocycles. The minimum atomic E-state index is 0.640. The van der Waals surface area contributed by atoms with Crippen molar-refractivity contribution in [3.63, 3.8) is 0 Å². The Balaban J connectivity index is 2.00. The predicted octanol–water partition coefficient (Wildman–Crippen LogP) is 2.12. The number of benzene rings is 1. The molecule has 1 aromatic carbocycles. The largest absolute Gasteiger partial charge is 0.318 e. The van der Waals surface area contributed by atoms with Gasteiger partial charge in [0, 0.05) is 18.1 Å². The molecule has 2 rings (SSSR count). The van der Waals surface area contributed by atoms with Crippen LogP contribution >= 0.6 is 11.8 Å². The summed E-state index contributed by atoms with van der Waals surface area (Å²) in [5, 5.41) is 0. The Morgan fingerprint density at radius 2 is 2.31 bits per heavy atom. The molecule has 0 atom stereocenters. The second-order valence-electron chi connectivity index (χ2n) is 4.41. The molecule has 0 aliphatic carbocycles. The van der Waals surface area contributed by atoms with Gasteiger partial charge in [0.2, 0.25) is 0 Å². The van der Waals surface area contributed by atoms with Crippen molar-refractivity contribution in [1.29, 1.82) is 0 Å². The van der Waals surface area contributed by atoms with E-state index in [-0.39, 0.29) is 0 Å². The molecule has 0 unspecified atom stereocenters. The molecule has 0 spiro atoms. The van der Waals surface area contributed by atoms with Crippen LogP contribution in [-0.4, -0.2) is 30.9 Å². The van der Waals surface area contributed by atoms with E-state index in [0.29, 0.717) is 6.67 Å². The van der Waals surface area contributed by atoms with E-state index in [9.17, 15) is 0 Å². The summed E-state index contributed by atoms with van der Waals surface area (Å²) in [6.45, 7) is 1.68. The molecule has 0 amide bonds. The van der Waals surface area contributed by atoms with Crippen LogP contribution in [0.4, 0.5) is 0 Å². The summed E-state index contributed by atoms with van der Waals surface area (Å²) in [6, 6.07) is 6.93. The molecular formula is C13H20N2S. The van der Waals surface area contributed by atoms with Gasteiger partial charge >= 0.3 is 0 Å². The minimum absolute atomic E-state index is 0.640. The van der Waals surface area contributed by atoms with Gasteiger partial charge in [-0.2, -0.15) is 0 Å². The predicted molar refractivity (Wildman–Crippen MR) is 70.9 cm³/mol. The lowest BCUT2D eigenvalue weighted by molar-refractivity contribution is 0.349. The Morgan fingerprint density at radius 3 is 3.12 bits per heavy atom. The smallest absolute Gasteiger partial charge is 0.0452 e. The van der Waals surface area contributed by atoms with E-state index in [4.69, 9.17) is 5.73 Å². The van der Waals surface area contributed by atoms with Crippen molar-refractivity contribution < 1.29 is 0 Å². The fraction of sp³-hybridized carbons (Fsp3) is 0.538. The van der Waals surface area contributed by atoms with Crippen molar-refractivity contribution in [2.24, 2.45) is 5.73 Å². The van der Waals surface area contributed by atoms with Crippen molar-refractivity contribution in [1.82, 2.24) is 4.90 Å². The van der Waals surface area contributed by atoms with Crippen LogP contribution in [0.3, 0.4) is 0 Å². The number of likely N-dealkylation sites (N-methyl/N-ethyl adjacent to an activating group) is 1. The molecule has 0 saturated carbocycles. The average Bonchev–Trinajstić information content (AvgIpc) is 2.35. The lowest BCUT2D eigenvalue weighted by Gasteiger charge is -2.17. The van der Waals surface area contributed by atoms with Crippen LogP contribution in [0.25, 0.3) is 0 Å². The third-order valence-corrected chi connectivity index (χ3v) is 4.27. The molecule has 2 N–H and O–H groups in total. The molecular weight excluding hydrogens is 216 g/mol. The van der Waals surface area contributed by atoms with Gasteiger partial charge in [-0.15, -0.1) is 11.8 Å². The third kappa shape index (κ3) is 3.00. The highest BCUT2D eigenvalue weighted by Gasteiger charge is 2.09. The summed E-state index contributed by atoms with van der Waals surface area (Å²) in [7, 11) is 2.06. The minimum Gasteiger partial charge on any atom is -0.318 e. The van der Waals surface area contributed by atoms with Crippen LogP contribution < -0.4 is 5.73 Å². The molecule has 1 aliphatic rings. The molecule has 88 valence electrons. The quantitative estimate of drug-likeness (QED) is 0.812. The van der Waals surface area contributed by atoms with Crippen LogP contribution in [-0.2, 0) is 12.8 Å². The van der Waals surface area contributed by atoms with E-state index in [1.54, 1.807) is 5.56 Å². The van der Waals surface area contributed by atoms with E-state index in [1.807, 2.05) is 11.8 Å². The SMILES string of the molecule is CN(CN)CCc1ccc2c(c1)CCCS2. The van der Waals surface area contributed by atoms with Crippen molar-refractivity contribution in [3.05, 3.63) is 29.3 Å². The summed E-state index contributed by atoms with van der Waals surface area (Å²) in [5.41, 5.74) is 8.56. The van der Waals surface area contributed by atoms with Crippen molar-refractivity contribution in [2.75, 3.05) is 26.0 Å². The number of hydrogen-bond acceptors (Lipinski definition) is 3. The van der Waals surface area contributed by atoms with Gasteiger partial charge in [0.1, 0.15) is 0 Å². The topological polar surface area (TPSA) is 29.3 Å². The highest BCUT2D eigenvalue weighted by molar-refractivity contribution is 7.99. The van der Waals surface area contributed by atoms with E-state index in [2.05, 4.69) is 30.1 Å². The second-order valence-corrected chi connectivity index (χ2v) is 5.54. The molecule has 3 heteroatoms. The maximum absolute atomic E-state index is 5.57. The van der Waals surface area contributed by atoms with Gasteiger partial charge in [-0.1, -0.05) is 12.1 Å². The first-order valence-corrected chi connectivity index (χ1v) is 6.91. The average molecular weight is 236 g/mol. The first-order chi connectivity index (χ1) is 7.79. The van der Waals surface area contributed by atoms with Crippen molar-refractivity contribution in [2.45, 2.75) is 24.2 Å². The van der Waals surface area contributed by atoms with Crippen LogP contribution in [0.1, 0.15) is 17.5 Å². The van der Waals surface area contributed by atoms with Gasteiger partial charge in [0.15, 0.2) is 0 Å². The number of nitrogens with two attached hydrogens (primary N) is 1. The molecule has 2 nitrogen and oxygen atoms in total. The number of nitrogens with zero attached hydrogens (tertiary/aromatic N) is 1. The number of thioether (sulfide) groups is 1. The molecule has 1 aromatic rings. The van der Waals surface area contributed by atoms with Gasteiger partial charge in [0.25, 0.3) is 0 Å². The monoisotopic (exact) mass is 236 g/mol. The van der Waals surface area contributed by atoms with Crippen LogP contribution in [0.15, 0.2) is 23.1 Å². The maximum Gasteiger partial charge on any atom is 0.0452 e. The van der Waals surface area contributed by atoms with E-state index in [0.717, 1.165) is 13.0 Å². The van der Waals surface area contributed by atoms with Gasteiger partial charge < -0.3 is 5.73 Å². The molecule has 0 bridgehead atoms. The van der Waals surface area contributed by atoms with E-state index in [1.165, 1.54) is 29.1 Å². The Morgan fingerprint density at radius 1 is 1.44 bits per heavy atom.